The fraction of sp³-hybridized carbons (Fsp3) is 0.200. The van der Waals surface area contributed by atoms with Crippen molar-refractivity contribution in [3.8, 4) is 11.4 Å². The summed E-state index contributed by atoms with van der Waals surface area (Å²) in [7, 11) is 0. The third kappa shape index (κ3) is 4.55. The highest BCUT2D eigenvalue weighted by atomic mass is 35.5. The minimum atomic E-state index is -0.281. The largest absolute Gasteiger partial charge is 0.339 e. The number of amides is 2. The maximum Gasteiger partial charge on any atom is 0.315 e. The normalized spacial score (nSPS) is 11.0. The van der Waals surface area contributed by atoms with Crippen LogP contribution in [0.4, 0.5) is 4.79 Å². The molecular formula is C20H19ClN6O2. The van der Waals surface area contributed by atoms with Crippen molar-refractivity contribution in [2.75, 3.05) is 6.54 Å². The van der Waals surface area contributed by atoms with Crippen molar-refractivity contribution in [2.45, 2.75) is 19.9 Å². The maximum absolute atomic E-state index is 12.0. The van der Waals surface area contributed by atoms with Crippen LogP contribution in [0.15, 0.2) is 53.2 Å². The van der Waals surface area contributed by atoms with Crippen LogP contribution >= 0.6 is 11.6 Å². The van der Waals surface area contributed by atoms with Crippen LogP contribution in [0.5, 0.6) is 0 Å². The van der Waals surface area contributed by atoms with E-state index < -0.39 is 0 Å². The summed E-state index contributed by atoms with van der Waals surface area (Å²) in [5.74, 6) is 0.939. The number of halogens is 1. The molecule has 0 aliphatic heterocycles. The van der Waals surface area contributed by atoms with Gasteiger partial charge in [0.1, 0.15) is 5.65 Å². The van der Waals surface area contributed by atoms with Crippen LogP contribution in [0.2, 0.25) is 5.02 Å². The van der Waals surface area contributed by atoms with Gasteiger partial charge in [0.05, 0.1) is 12.2 Å². The molecule has 0 saturated carbocycles. The Morgan fingerprint density at radius 3 is 2.76 bits per heavy atom. The average Bonchev–Trinajstić information content (AvgIpc) is 3.35. The Morgan fingerprint density at radius 1 is 1.14 bits per heavy atom. The smallest absolute Gasteiger partial charge is 0.315 e. The molecule has 2 amide bonds. The van der Waals surface area contributed by atoms with Crippen LogP contribution in [0.3, 0.4) is 0 Å². The summed E-state index contributed by atoms with van der Waals surface area (Å²) >= 11 is 5.88. The van der Waals surface area contributed by atoms with E-state index in [1.54, 1.807) is 12.1 Å². The van der Waals surface area contributed by atoms with Gasteiger partial charge in [0.15, 0.2) is 0 Å². The molecule has 3 aromatic heterocycles. The van der Waals surface area contributed by atoms with Gasteiger partial charge in [-0.05, 0) is 43.3 Å². The Kier molecular flexibility index (Phi) is 5.44. The lowest BCUT2D eigenvalue weighted by atomic mass is 10.2. The third-order valence-electron chi connectivity index (χ3n) is 4.37. The summed E-state index contributed by atoms with van der Waals surface area (Å²) in [6, 6.07) is 12.8. The maximum atomic E-state index is 12.0. The van der Waals surface area contributed by atoms with E-state index in [1.165, 1.54) is 0 Å². The van der Waals surface area contributed by atoms with Crippen molar-refractivity contribution in [3.05, 3.63) is 71.0 Å². The first-order valence-electron chi connectivity index (χ1n) is 9.12. The molecule has 4 rings (SSSR count). The second kappa shape index (κ2) is 8.32. The molecule has 0 saturated heterocycles. The fourth-order valence-electron chi connectivity index (χ4n) is 2.87. The van der Waals surface area contributed by atoms with E-state index in [-0.39, 0.29) is 6.03 Å². The summed E-state index contributed by atoms with van der Waals surface area (Å²) in [5.41, 5.74) is 3.55. The summed E-state index contributed by atoms with van der Waals surface area (Å²) in [4.78, 5) is 20.8. The number of fused-ring (bicyclic) bond motifs is 1. The van der Waals surface area contributed by atoms with Gasteiger partial charge in [-0.15, -0.1) is 0 Å². The van der Waals surface area contributed by atoms with Crippen LogP contribution in [0.1, 0.15) is 17.3 Å². The number of benzene rings is 1. The van der Waals surface area contributed by atoms with Crippen molar-refractivity contribution < 1.29 is 9.32 Å². The number of aromatic nitrogens is 4. The molecule has 0 spiro atoms. The van der Waals surface area contributed by atoms with E-state index in [4.69, 9.17) is 16.1 Å². The molecule has 0 radical (unpaired) electrons. The van der Waals surface area contributed by atoms with Gasteiger partial charge in [-0.1, -0.05) is 22.8 Å². The third-order valence-corrected chi connectivity index (χ3v) is 4.62. The molecule has 0 atom stereocenters. The van der Waals surface area contributed by atoms with Crippen LogP contribution in [-0.2, 0) is 13.0 Å². The second-order valence-corrected chi connectivity index (χ2v) is 6.94. The molecule has 148 valence electrons. The minimum absolute atomic E-state index is 0.281. The predicted octanol–water partition coefficient (Wildman–Crippen LogP) is 3.39. The molecule has 2 N–H and O–H groups in total. The molecule has 0 aliphatic carbocycles. The molecule has 0 aliphatic rings. The van der Waals surface area contributed by atoms with Crippen molar-refractivity contribution in [1.29, 1.82) is 0 Å². The number of pyridine rings is 1. The lowest BCUT2D eigenvalue weighted by Crippen LogP contribution is -2.36. The summed E-state index contributed by atoms with van der Waals surface area (Å²) in [6.45, 7) is 2.72. The Bertz CT molecular complexity index is 1140. The Hall–Kier alpha value is -3.39. The molecule has 8 nitrogen and oxygen atoms in total. The predicted molar refractivity (Wildman–Crippen MR) is 109 cm³/mol. The molecule has 1 aromatic carbocycles. The first-order chi connectivity index (χ1) is 14.1. The minimum Gasteiger partial charge on any atom is -0.339 e. The molecule has 29 heavy (non-hydrogen) atoms. The molecule has 0 fully saturated rings. The molecule has 0 bridgehead atoms. The topological polar surface area (TPSA) is 97.3 Å². The Morgan fingerprint density at radius 2 is 1.97 bits per heavy atom. The molecule has 3 heterocycles. The van der Waals surface area contributed by atoms with Gasteiger partial charge in [-0.3, -0.25) is 0 Å². The van der Waals surface area contributed by atoms with Gasteiger partial charge in [-0.25, -0.2) is 9.78 Å². The lowest BCUT2D eigenvalue weighted by molar-refractivity contribution is 0.240. The van der Waals surface area contributed by atoms with Crippen LogP contribution in [0.25, 0.3) is 17.0 Å². The number of hydrogen-bond donors (Lipinski definition) is 2. The Labute approximate surface area is 171 Å². The molecule has 0 unspecified atom stereocenters. The number of urea groups is 1. The number of carbonyl (C=O) groups excluding carboxylic acids is 1. The quantitative estimate of drug-likeness (QED) is 0.507. The number of imidazole rings is 1. The van der Waals surface area contributed by atoms with Crippen LogP contribution < -0.4 is 10.6 Å². The highest BCUT2D eigenvalue weighted by Gasteiger charge is 2.10. The van der Waals surface area contributed by atoms with E-state index >= 15 is 0 Å². The second-order valence-electron chi connectivity index (χ2n) is 6.51. The number of nitrogens with zero attached hydrogens (tertiary/aromatic N) is 4. The SMILES string of the molecule is Cc1cccc2nc(CNC(=O)NCCc3nc(-c4ccc(Cl)cc4)no3)cn12. The van der Waals surface area contributed by atoms with Crippen molar-refractivity contribution >= 4 is 23.3 Å². The summed E-state index contributed by atoms with van der Waals surface area (Å²) < 4.78 is 7.22. The van der Waals surface area contributed by atoms with Gasteiger partial charge in [0.25, 0.3) is 0 Å². The Balaban J connectivity index is 1.24. The van der Waals surface area contributed by atoms with Crippen molar-refractivity contribution in [1.82, 2.24) is 30.2 Å². The van der Waals surface area contributed by atoms with E-state index in [1.807, 2.05) is 47.9 Å². The first kappa shape index (κ1) is 18.9. The first-order valence-corrected chi connectivity index (χ1v) is 9.50. The highest BCUT2D eigenvalue weighted by Crippen LogP contribution is 2.18. The number of nitrogens with one attached hydrogen (secondary N) is 2. The summed E-state index contributed by atoms with van der Waals surface area (Å²) in [5, 5.41) is 10.2. The van der Waals surface area contributed by atoms with Gasteiger partial charge in [0, 0.05) is 35.4 Å². The molecular weight excluding hydrogens is 392 g/mol. The zero-order valence-corrected chi connectivity index (χ0v) is 16.5. The van der Waals surface area contributed by atoms with Crippen molar-refractivity contribution in [3.63, 3.8) is 0 Å². The van der Waals surface area contributed by atoms with E-state index in [2.05, 4.69) is 25.8 Å². The van der Waals surface area contributed by atoms with Crippen LogP contribution in [-0.4, -0.2) is 32.1 Å². The van der Waals surface area contributed by atoms with Gasteiger partial charge >= 0.3 is 6.03 Å². The fourth-order valence-corrected chi connectivity index (χ4v) is 3.00. The zero-order valence-electron chi connectivity index (χ0n) is 15.7. The monoisotopic (exact) mass is 410 g/mol. The van der Waals surface area contributed by atoms with E-state index in [0.717, 1.165) is 22.6 Å². The number of aryl methyl sites for hydroxylation is 1. The van der Waals surface area contributed by atoms with Crippen LogP contribution in [0, 0.1) is 6.92 Å². The van der Waals surface area contributed by atoms with Crippen molar-refractivity contribution in [2.24, 2.45) is 0 Å². The zero-order chi connectivity index (χ0) is 20.2. The number of carbonyl (C=O) groups is 1. The molecule has 4 aromatic rings. The van der Waals surface area contributed by atoms with Gasteiger partial charge < -0.3 is 19.6 Å². The lowest BCUT2D eigenvalue weighted by Gasteiger charge is -2.04. The highest BCUT2D eigenvalue weighted by molar-refractivity contribution is 6.30. The molecule has 9 heteroatoms. The summed E-state index contributed by atoms with van der Waals surface area (Å²) in [6.07, 6.45) is 2.35. The van der Waals surface area contributed by atoms with E-state index in [9.17, 15) is 4.79 Å². The average molecular weight is 411 g/mol. The van der Waals surface area contributed by atoms with E-state index in [0.29, 0.717) is 36.2 Å². The van der Waals surface area contributed by atoms with Gasteiger partial charge in [-0.2, -0.15) is 4.98 Å². The number of rotatable bonds is 6. The standard InChI is InChI=1S/C20H19ClN6O2/c1-13-3-2-4-17-24-16(12-27(13)17)11-23-20(28)22-10-9-18-25-19(26-29-18)14-5-7-15(21)8-6-14/h2-8,12H,9-11H2,1H3,(H2,22,23,28). The van der Waals surface area contributed by atoms with Gasteiger partial charge in [0.2, 0.25) is 11.7 Å². The number of hydrogen-bond acceptors (Lipinski definition) is 5.